The first kappa shape index (κ1) is 12.2. The number of rotatable bonds is 5. The molecule has 1 aromatic carbocycles. The molecule has 0 aliphatic carbocycles. The van der Waals surface area contributed by atoms with Crippen molar-refractivity contribution in [3.63, 3.8) is 0 Å². The van der Waals surface area contributed by atoms with Crippen molar-refractivity contribution in [2.24, 2.45) is 5.92 Å². The quantitative estimate of drug-likeness (QED) is 0.785. The van der Waals surface area contributed by atoms with E-state index in [9.17, 15) is 4.39 Å². The maximum Gasteiger partial charge on any atom is 0.109 e. The fourth-order valence-electron chi connectivity index (χ4n) is 1.60. The van der Waals surface area contributed by atoms with Crippen molar-refractivity contribution in [2.45, 2.75) is 26.8 Å². The summed E-state index contributed by atoms with van der Waals surface area (Å²) in [6.45, 7) is 6.77. The van der Waals surface area contributed by atoms with Crippen molar-refractivity contribution in [2.75, 3.05) is 13.2 Å². The molecule has 1 nitrogen and oxygen atoms in total. The van der Waals surface area contributed by atoms with Crippen molar-refractivity contribution >= 4 is 0 Å². The van der Waals surface area contributed by atoms with E-state index in [1.165, 1.54) is 0 Å². The van der Waals surface area contributed by atoms with Gasteiger partial charge in [-0.1, -0.05) is 38.1 Å². The molecule has 0 saturated carbocycles. The Bertz CT molecular complexity index is 296. The van der Waals surface area contributed by atoms with E-state index >= 15 is 0 Å². The van der Waals surface area contributed by atoms with Crippen LogP contribution in [-0.4, -0.2) is 13.2 Å². The number of hydrogen-bond acceptors (Lipinski definition) is 1. The SMILES string of the molecule is Cc1ccccc1C(CF)NCC(C)C. The molecule has 0 saturated heterocycles. The lowest BCUT2D eigenvalue weighted by Gasteiger charge is -2.19. The number of hydrogen-bond donors (Lipinski definition) is 1. The van der Waals surface area contributed by atoms with Crippen molar-refractivity contribution < 1.29 is 4.39 Å². The van der Waals surface area contributed by atoms with Crippen molar-refractivity contribution in [3.05, 3.63) is 35.4 Å². The lowest BCUT2D eigenvalue weighted by Crippen LogP contribution is -2.27. The molecule has 0 fully saturated rings. The van der Waals surface area contributed by atoms with Crippen molar-refractivity contribution in [1.29, 1.82) is 0 Å². The smallest absolute Gasteiger partial charge is 0.109 e. The zero-order chi connectivity index (χ0) is 11.3. The molecule has 1 aromatic rings. The summed E-state index contributed by atoms with van der Waals surface area (Å²) < 4.78 is 12.9. The van der Waals surface area contributed by atoms with Crippen LogP contribution < -0.4 is 5.32 Å². The van der Waals surface area contributed by atoms with Crippen LogP contribution in [0, 0.1) is 12.8 Å². The first-order valence-corrected chi connectivity index (χ1v) is 5.50. The predicted octanol–water partition coefficient (Wildman–Crippen LogP) is 3.25. The number of alkyl halides is 1. The summed E-state index contributed by atoms with van der Waals surface area (Å²) in [5.41, 5.74) is 2.22. The normalized spacial score (nSPS) is 13.1. The van der Waals surface area contributed by atoms with E-state index in [1.807, 2.05) is 31.2 Å². The van der Waals surface area contributed by atoms with E-state index in [0.717, 1.165) is 17.7 Å². The van der Waals surface area contributed by atoms with Gasteiger partial charge in [-0.15, -0.1) is 0 Å². The number of halogens is 1. The van der Waals surface area contributed by atoms with Crippen LogP contribution in [0.3, 0.4) is 0 Å². The third-order valence-electron chi connectivity index (χ3n) is 2.49. The Morgan fingerprint density at radius 1 is 1.27 bits per heavy atom. The number of nitrogens with one attached hydrogen (secondary N) is 1. The second-order valence-electron chi connectivity index (χ2n) is 4.37. The molecule has 0 spiro atoms. The molecule has 0 aromatic heterocycles. The maximum atomic E-state index is 12.9. The van der Waals surface area contributed by atoms with Gasteiger partial charge in [0, 0.05) is 0 Å². The summed E-state index contributed by atoms with van der Waals surface area (Å²) in [7, 11) is 0. The van der Waals surface area contributed by atoms with Crippen molar-refractivity contribution in [3.8, 4) is 0 Å². The van der Waals surface area contributed by atoms with Crippen LogP contribution in [0.25, 0.3) is 0 Å². The Morgan fingerprint density at radius 2 is 1.93 bits per heavy atom. The van der Waals surface area contributed by atoms with Crippen LogP contribution in [0.15, 0.2) is 24.3 Å². The zero-order valence-electron chi connectivity index (χ0n) is 9.76. The molecule has 0 radical (unpaired) electrons. The second-order valence-corrected chi connectivity index (χ2v) is 4.37. The van der Waals surface area contributed by atoms with Crippen LogP contribution >= 0.6 is 0 Å². The Morgan fingerprint density at radius 3 is 2.47 bits per heavy atom. The lowest BCUT2D eigenvalue weighted by molar-refractivity contribution is 0.366. The Labute approximate surface area is 91.7 Å². The van der Waals surface area contributed by atoms with Gasteiger partial charge in [0.25, 0.3) is 0 Å². The largest absolute Gasteiger partial charge is 0.308 e. The summed E-state index contributed by atoms with van der Waals surface area (Å²) in [6.07, 6.45) is 0. The molecule has 0 aliphatic heterocycles. The van der Waals surface area contributed by atoms with Crippen LogP contribution in [0.5, 0.6) is 0 Å². The molecule has 0 heterocycles. The summed E-state index contributed by atoms with van der Waals surface area (Å²) in [4.78, 5) is 0. The summed E-state index contributed by atoms with van der Waals surface area (Å²) >= 11 is 0. The van der Waals surface area contributed by atoms with Gasteiger partial charge in [0.2, 0.25) is 0 Å². The molecule has 84 valence electrons. The molecule has 1 rings (SSSR count). The first-order valence-electron chi connectivity index (χ1n) is 5.50. The van der Waals surface area contributed by atoms with E-state index in [1.54, 1.807) is 0 Å². The summed E-state index contributed by atoms with van der Waals surface area (Å²) in [5.74, 6) is 0.545. The van der Waals surface area contributed by atoms with Gasteiger partial charge < -0.3 is 5.32 Å². The maximum absolute atomic E-state index is 12.9. The zero-order valence-corrected chi connectivity index (χ0v) is 9.76. The van der Waals surface area contributed by atoms with Gasteiger partial charge in [0.05, 0.1) is 6.04 Å². The van der Waals surface area contributed by atoms with E-state index in [0.29, 0.717) is 5.92 Å². The highest BCUT2D eigenvalue weighted by Crippen LogP contribution is 2.17. The topological polar surface area (TPSA) is 12.0 Å². The summed E-state index contributed by atoms with van der Waals surface area (Å²) in [6, 6.07) is 7.80. The van der Waals surface area contributed by atoms with Gasteiger partial charge in [0.15, 0.2) is 0 Å². The number of benzene rings is 1. The van der Waals surface area contributed by atoms with Gasteiger partial charge in [-0.25, -0.2) is 4.39 Å². The van der Waals surface area contributed by atoms with Crippen LogP contribution in [0.1, 0.15) is 31.0 Å². The monoisotopic (exact) mass is 209 g/mol. The molecular weight excluding hydrogens is 189 g/mol. The summed E-state index contributed by atoms with van der Waals surface area (Å²) in [5, 5.41) is 3.25. The highest BCUT2D eigenvalue weighted by Gasteiger charge is 2.12. The van der Waals surface area contributed by atoms with E-state index in [-0.39, 0.29) is 12.7 Å². The van der Waals surface area contributed by atoms with Gasteiger partial charge >= 0.3 is 0 Å². The minimum atomic E-state index is -0.350. The molecule has 0 bridgehead atoms. The molecule has 0 amide bonds. The fraction of sp³-hybridized carbons (Fsp3) is 0.538. The van der Waals surface area contributed by atoms with Gasteiger partial charge in [-0.05, 0) is 30.5 Å². The van der Waals surface area contributed by atoms with Gasteiger partial charge in [-0.3, -0.25) is 0 Å². The average molecular weight is 209 g/mol. The molecule has 1 unspecified atom stereocenters. The molecule has 1 atom stereocenters. The average Bonchev–Trinajstić information content (AvgIpc) is 2.21. The van der Waals surface area contributed by atoms with Gasteiger partial charge in [-0.2, -0.15) is 0 Å². The standard InChI is InChI=1S/C13H20FN/c1-10(2)9-15-13(8-14)12-7-5-4-6-11(12)3/h4-7,10,13,15H,8-9H2,1-3H3. The minimum Gasteiger partial charge on any atom is -0.308 e. The first-order chi connectivity index (χ1) is 7.15. The highest BCUT2D eigenvalue weighted by molar-refractivity contribution is 5.28. The Balaban J connectivity index is 2.70. The Hall–Kier alpha value is -0.890. The number of aryl methyl sites for hydroxylation is 1. The lowest BCUT2D eigenvalue weighted by atomic mass is 10.0. The van der Waals surface area contributed by atoms with E-state index in [4.69, 9.17) is 0 Å². The fourth-order valence-corrected chi connectivity index (χ4v) is 1.60. The highest BCUT2D eigenvalue weighted by atomic mass is 19.1. The molecule has 1 N–H and O–H groups in total. The molecular formula is C13H20FN. The molecule has 15 heavy (non-hydrogen) atoms. The molecule has 2 heteroatoms. The third-order valence-corrected chi connectivity index (χ3v) is 2.49. The van der Waals surface area contributed by atoms with Crippen LogP contribution in [0.2, 0.25) is 0 Å². The van der Waals surface area contributed by atoms with E-state index < -0.39 is 0 Å². The minimum absolute atomic E-state index is 0.159. The van der Waals surface area contributed by atoms with Crippen LogP contribution in [-0.2, 0) is 0 Å². The van der Waals surface area contributed by atoms with Gasteiger partial charge in [0.1, 0.15) is 6.67 Å². The molecule has 0 aliphatic rings. The third kappa shape index (κ3) is 3.63. The predicted molar refractivity (Wildman–Crippen MR) is 62.7 cm³/mol. The second kappa shape index (κ2) is 5.86. The van der Waals surface area contributed by atoms with E-state index in [2.05, 4.69) is 19.2 Å². The van der Waals surface area contributed by atoms with Crippen molar-refractivity contribution in [1.82, 2.24) is 5.32 Å². The van der Waals surface area contributed by atoms with Crippen LogP contribution in [0.4, 0.5) is 4.39 Å². The Kier molecular flexibility index (Phi) is 4.76.